The van der Waals surface area contributed by atoms with Crippen molar-refractivity contribution in [3.05, 3.63) is 30.3 Å². The molecule has 0 radical (unpaired) electrons. The molecule has 1 unspecified atom stereocenters. The average Bonchev–Trinajstić information content (AvgIpc) is 2.28. The highest BCUT2D eigenvalue weighted by Crippen LogP contribution is 2.08. The number of amides is 1. The van der Waals surface area contributed by atoms with Gasteiger partial charge in [-0.1, -0.05) is 18.2 Å². The summed E-state index contributed by atoms with van der Waals surface area (Å²) in [5, 5.41) is 19.1. The number of carboxylic acids is 2. The number of rotatable bonds is 5. The molecule has 0 saturated heterocycles. The number of hydrogen-bond donors (Lipinski definition) is 3. The molecule has 1 amide bonds. The van der Waals surface area contributed by atoms with Crippen molar-refractivity contribution in [1.82, 2.24) is 5.32 Å². The highest BCUT2D eigenvalue weighted by Gasteiger charge is 2.23. The maximum atomic E-state index is 11.3. The fourth-order valence-electron chi connectivity index (χ4n) is 1.14. The fourth-order valence-corrected chi connectivity index (χ4v) is 1.14. The molecular formula is C11H11NO6. The van der Waals surface area contributed by atoms with Crippen LogP contribution in [0.3, 0.4) is 0 Å². The van der Waals surface area contributed by atoms with Gasteiger partial charge >= 0.3 is 18.0 Å². The molecule has 7 heteroatoms. The summed E-state index contributed by atoms with van der Waals surface area (Å²) in [6.07, 6.45) is -1.74. The molecule has 0 heterocycles. The summed E-state index contributed by atoms with van der Waals surface area (Å²) in [6.45, 7) is 0. The van der Waals surface area contributed by atoms with E-state index in [0.29, 0.717) is 0 Å². The monoisotopic (exact) mass is 253 g/mol. The maximum Gasteiger partial charge on any atom is 0.413 e. The number of ether oxygens (including phenoxy) is 1. The molecule has 1 aromatic rings. The quantitative estimate of drug-likeness (QED) is 0.712. The molecule has 7 nitrogen and oxygen atoms in total. The molecule has 3 N–H and O–H groups in total. The molecular weight excluding hydrogens is 242 g/mol. The van der Waals surface area contributed by atoms with Crippen LogP contribution < -0.4 is 10.1 Å². The van der Waals surface area contributed by atoms with Gasteiger partial charge in [0, 0.05) is 0 Å². The molecule has 0 aliphatic carbocycles. The Labute approximate surface area is 102 Å². The van der Waals surface area contributed by atoms with Crippen LogP contribution in [-0.4, -0.2) is 34.3 Å². The summed E-state index contributed by atoms with van der Waals surface area (Å²) in [5.74, 6) is -2.54. The SMILES string of the molecule is O=C(O)CC(NC(=O)Oc1ccccc1)C(=O)O. The first-order valence-corrected chi connectivity index (χ1v) is 4.97. The van der Waals surface area contributed by atoms with Crippen molar-refractivity contribution in [3.63, 3.8) is 0 Å². The van der Waals surface area contributed by atoms with E-state index in [1.54, 1.807) is 18.2 Å². The summed E-state index contributed by atoms with van der Waals surface area (Å²) in [7, 11) is 0. The Balaban J connectivity index is 2.56. The smallest absolute Gasteiger partial charge is 0.413 e. The summed E-state index contributed by atoms with van der Waals surface area (Å²) in [6, 6.07) is 6.47. The predicted octanol–water partition coefficient (Wildman–Crippen LogP) is 0.703. The lowest BCUT2D eigenvalue weighted by atomic mass is 10.2. The molecule has 0 aliphatic rings. The molecule has 0 bridgehead atoms. The largest absolute Gasteiger partial charge is 0.481 e. The normalized spacial score (nSPS) is 11.3. The second-order valence-corrected chi connectivity index (χ2v) is 3.34. The van der Waals surface area contributed by atoms with Gasteiger partial charge in [-0.3, -0.25) is 4.79 Å². The molecule has 96 valence electrons. The Morgan fingerprint density at radius 3 is 2.28 bits per heavy atom. The lowest BCUT2D eigenvalue weighted by Crippen LogP contribution is -2.43. The third kappa shape index (κ3) is 4.52. The van der Waals surface area contributed by atoms with Crippen molar-refractivity contribution in [3.8, 4) is 5.75 Å². The van der Waals surface area contributed by atoms with Gasteiger partial charge < -0.3 is 20.3 Å². The van der Waals surface area contributed by atoms with Gasteiger partial charge in [0.1, 0.15) is 11.8 Å². The van der Waals surface area contributed by atoms with E-state index < -0.39 is 30.5 Å². The second kappa shape index (κ2) is 6.24. The number of hydrogen-bond acceptors (Lipinski definition) is 4. The van der Waals surface area contributed by atoms with E-state index in [1.807, 2.05) is 5.32 Å². The predicted molar refractivity (Wildman–Crippen MR) is 59.3 cm³/mol. The van der Waals surface area contributed by atoms with E-state index >= 15 is 0 Å². The Morgan fingerprint density at radius 2 is 1.78 bits per heavy atom. The number of carbonyl (C=O) groups excluding carboxylic acids is 1. The minimum Gasteiger partial charge on any atom is -0.481 e. The highest BCUT2D eigenvalue weighted by atomic mass is 16.6. The van der Waals surface area contributed by atoms with E-state index in [2.05, 4.69) is 0 Å². The third-order valence-corrected chi connectivity index (χ3v) is 1.92. The molecule has 0 fully saturated rings. The van der Waals surface area contributed by atoms with Crippen LogP contribution in [0.25, 0.3) is 0 Å². The topological polar surface area (TPSA) is 113 Å². The van der Waals surface area contributed by atoms with Gasteiger partial charge in [0.15, 0.2) is 0 Å². The average molecular weight is 253 g/mol. The van der Waals surface area contributed by atoms with Crippen LogP contribution in [-0.2, 0) is 9.59 Å². The number of carbonyl (C=O) groups is 3. The molecule has 0 spiro atoms. The summed E-state index contributed by atoms with van der Waals surface area (Å²) < 4.78 is 4.77. The van der Waals surface area contributed by atoms with Crippen molar-refractivity contribution in [2.45, 2.75) is 12.5 Å². The van der Waals surface area contributed by atoms with Gasteiger partial charge in [0.25, 0.3) is 0 Å². The van der Waals surface area contributed by atoms with E-state index in [0.717, 1.165) is 0 Å². The third-order valence-electron chi connectivity index (χ3n) is 1.92. The summed E-state index contributed by atoms with van der Waals surface area (Å²) in [4.78, 5) is 32.4. The minimum absolute atomic E-state index is 0.231. The van der Waals surface area contributed by atoms with Crippen LogP contribution in [0.15, 0.2) is 30.3 Å². The van der Waals surface area contributed by atoms with E-state index in [1.165, 1.54) is 12.1 Å². The molecule has 0 saturated carbocycles. The first-order valence-electron chi connectivity index (χ1n) is 4.97. The second-order valence-electron chi connectivity index (χ2n) is 3.34. The van der Waals surface area contributed by atoms with Gasteiger partial charge in [-0.2, -0.15) is 0 Å². The molecule has 0 aliphatic heterocycles. The Hall–Kier alpha value is -2.57. The Morgan fingerprint density at radius 1 is 1.17 bits per heavy atom. The van der Waals surface area contributed by atoms with Crippen LogP contribution in [0, 0.1) is 0 Å². The molecule has 1 rings (SSSR count). The van der Waals surface area contributed by atoms with Gasteiger partial charge in [-0.15, -0.1) is 0 Å². The Bertz CT molecular complexity index is 444. The lowest BCUT2D eigenvalue weighted by Gasteiger charge is -2.12. The Kier molecular flexibility index (Phi) is 4.67. The van der Waals surface area contributed by atoms with Crippen LogP contribution in [0.5, 0.6) is 5.75 Å². The van der Waals surface area contributed by atoms with Crippen LogP contribution >= 0.6 is 0 Å². The molecule has 18 heavy (non-hydrogen) atoms. The highest BCUT2D eigenvalue weighted by molar-refractivity contribution is 5.85. The van der Waals surface area contributed by atoms with Gasteiger partial charge in [0.2, 0.25) is 0 Å². The minimum atomic E-state index is -1.53. The standard InChI is InChI=1S/C11H11NO6/c13-9(14)6-8(10(15)16)12-11(17)18-7-4-2-1-3-5-7/h1-5,8H,6H2,(H,12,17)(H,13,14)(H,15,16). The first-order chi connectivity index (χ1) is 8.49. The van der Waals surface area contributed by atoms with Crippen molar-refractivity contribution in [2.75, 3.05) is 0 Å². The number of para-hydroxylation sites is 1. The van der Waals surface area contributed by atoms with Crippen molar-refractivity contribution in [2.24, 2.45) is 0 Å². The van der Waals surface area contributed by atoms with Crippen molar-refractivity contribution < 1.29 is 29.3 Å². The molecule has 0 aromatic heterocycles. The summed E-state index contributed by atoms with van der Waals surface area (Å²) in [5.41, 5.74) is 0. The number of benzene rings is 1. The van der Waals surface area contributed by atoms with Crippen LogP contribution in [0.4, 0.5) is 4.79 Å². The van der Waals surface area contributed by atoms with Crippen molar-refractivity contribution >= 4 is 18.0 Å². The lowest BCUT2D eigenvalue weighted by molar-refractivity contribution is -0.145. The maximum absolute atomic E-state index is 11.3. The summed E-state index contributed by atoms with van der Waals surface area (Å²) >= 11 is 0. The van der Waals surface area contributed by atoms with Crippen molar-refractivity contribution in [1.29, 1.82) is 0 Å². The van der Waals surface area contributed by atoms with Gasteiger partial charge in [0.05, 0.1) is 6.42 Å². The zero-order chi connectivity index (χ0) is 13.5. The zero-order valence-corrected chi connectivity index (χ0v) is 9.20. The van der Waals surface area contributed by atoms with E-state index in [9.17, 15) is 14.4 Å². The fraction of sp³-hybridized carbons (Fsp3) is 0.182. The van der Waals surface area contributed by atoms with Gasteiger partial charge in [-0.05, 0) is 12.1 Å². The van der Waals surface area contributed by atoms with Crippen LogP contribution in [0.1, 0.15) is 6.42 Å². The van der Waals surface area contributed by atoms with E-state index in [-0.39, 0.29) is 5.75 Å². The van der Waals surface area contributed by atoms with E-state index in [4.69, 9.17) is 14.9 Å². The van der Waals surface area contributed by atoms with Crippen LogP contribution in [0.2, 0.25) is 0 Å². The number of carboxylic acid groups (broad SMARTS) is 2. The zero-order valence-electron chi connectivity index (χ0n) is 9.20. The number of nitrogens with one attached hydrogen (secondary N) is 1. The molecule has 1 atom stereocenters. The molecule has 1 aromatic carbocycles. The van der Waals surface area contributed by atoms with Gasteiger partial charge in [-0.25, -0.2) is 9.59 Å². The first kappa shape index (κ1) is 13.5. The number of aliphatic carboxylic acids is 2.